The summed E-state index contributed by atoms with van der Waals surface area (Å²) in [5, 5.41) is 0. The Bertz CT molecular complexity index is 416. The number of ether oxygens (including phenoxy) is 1. The Morgan fingerprint density at radius 1 is 1.46 bits per heavy atom. The summed E-state index contributed by atoms with van der Waals surface area (Å²) in [5.74, 6) is 0.260. The first-order valence-corrected chi connectivity index (χ1v) is 6.62. The van der Waals surface area contributed by atoms with Crippen molar-refractivity contribution in [3.05, 3.63) is 21.8 Å². The van der Waals surface area contributed by atoms with E-state index in [0.717, 1.165) is 3.57 Å². The van der Waals surface area contributed by atoms with Gasteiger partial charge in [0.05, 0.1) is 7.11 Å². The van der Waals surface area contributed by atoms with Crippen LogP contribution in [-0.2, 0) is 9.05 Å². The molecule has 0 spiro atoms. The van der Waals surface area contributed by atoms with Crippen molar-refractivity contribution in [3.8, 4) is 5.75 Å². The lowest BCUT2D eigenvalue weighted by molar-refractivity contribution is 0.403. The third-order valence-corrected chi connectivity index (χ3v) is 3.40. The van der Waals surface area contributed by atoms with Crippen LogP contribution in [-0.4, -0.2) is 15.5 Å². The number of methoxy groups -OCH3 is 1. The minimum Gasteiger partial charge on any atom is -0.495 e. The molecule has 1 aromatic rings. The molecule has 0 bridgehead atoms. The van der Waals surface area contributed by atoms with E-state index in [4.69, 9.17) is 15.4 Å². The van der Waals surface area contributed by atoms with E-state index in [0.29, 0.717) is 0 Å². The van der Waals surface area contributed by atoms with Crippen LogP contribution in [0.25, 0.3) is 0 Å². The van der Waals surface area contributed by atoms with Crippen molar-refractivity contribution in [2.75, 3.05) is 7.11 Å². The van der Waals surface area contributed by atoms with Gasteiger partial charge in [-0.3, -0.25) is 0 Å². The Hall–Kier alpha value is -0.0100. The summed E-state index contributed by atoms with van der Waals surface area (Å²) in [6, 6.07) is 4.77. The van der Waals surface area contributed by atoms with Gasteiger partial charge in [-0.25, -0.2) is 8.42 Å². The van der Waals surface area contributed by atoms with Crippen molar-refractivity contribution < 1.29 is 13.2 Å². The van der Waals surface area contributed by atoms with Crippen LogP contribution in [0.5, 0.6) is 5.75 Å². The lowest BCUT2D eigenvalue weighted by atomic mass is 10.3. The van der Waals surface area contributed by atoms with Gasteiger partial charge in [0.1, 0.15) is 10.6 Å². The molecule has 1 aromatic carbocycles. The number of rotatable bonds is 2. The summed E-state index contributed by atoms with van der Waals surface area (Å²) in [7, 11) is 2.87. The zero-order valence-corrected chi connectivity index (χ0v) is 10.4. The SMILES string of the molecule is COc1ccc(I)cc1S(=O)(=O)Cl. The molecule has 0 aliphatic carbocycles. The smallest absolute Gasteiger partial charge is 0.265 e. The molecule has 0 saturated carbocycles. The zero-order chi connectivity index (χ0) is 10.1. The van der Waals surface area contributed by atoms with Gasteiger partial charge in [0.25, 0.3) is 9.05 Å². The Balaban J connectivity index is 3.41. The molecule has 6 heteroatoms. The number of halogens is 2. The molecule has 0 unspecified atom stereocenters. The first kappa shape index (κ1) is 11.1. The van der Waals surface area contributed by atoms with Crippen LogP contribution < -0.4 is 4.74 Å². The molecule has 0 N–H and O–H groups in total. The minimum absolute atomic E-state index is 0.00330. The van der Waals surface area contributed by atoms with Gasteiger partial charge in [-0.2, -0.15) is 0 Å². The van der Waals surface area contributed by atoms with Crippen LogP contribution in [0, 0.1) is 3.57 Å². The van der Waals surface area contributed by atoms with E-state index in [2.05, 4.69) is 0 Å². The van der Waals surface area contributed by atoms with Crippen molar-refractivity contribution in [2.45, 2.75) is 4.90 Å². The van der Waals surface area contributed by atoms with Crippen molar-refractivity contribution in [1.82, 2.24) is 0 Å². The maximum atomic E-state index is 11.0. The van der Waals surface area contributed by atoms with Crippen LogP contribution in [0.2, 0.25) is 0 Å². The highest BCUT2D eigenvalue weighted by Gasteiger charge is 2.16. The largest absolute Gasteiger partial charge is 0.495 e. The molecule has 0 fully saturated rings. The van der Waals surface area contributed by atoms with Gasteiger partial charge < -0.3 is 4.74 Å². The topological polar surface area (TPSA) is 43.4 Å². The highest BCUT2D eigenvalue weighted by molar-refractivity contribution is 14.1. The van der Waals surface area contributed by atoms with Gasteiger partial charge in [-0.05, 0) is 40.8 Å². The van der Waals surface area contributed by atoms with Crippen LogP contribution in [0.15, 0.2) is 23.1 Å². The second-order valence-corrected chi connectivity index (χ2v) is 6.01. The molecular formula is C7H6ClIO3S. The summed E-state index contributed by atoms with van der Waals surface area (Å²) in [5.41, 5.74) is 0. The first-order valence-electron chi connectivity index (χ1n) is 3.23. The van der Waals surface area contributed by atoms with E-state index in [1.807, 2.05) is 22.6 Å². The van der Waals surface area contributed by atoms with Crippen LogP contribution in [0.1, 0.15) is 0 Å². The summed E-state index contributed by atoms with van der Waals surface area (Å²) in [6.07, 6.45) is 0. The average molecular weight is 333 g/mol. The molecule has 0 heterocycles. The van der Waals surface area contributed by atoms with Gasteiger partial charge in [-0.15, -0.1) is 0 Å². The van der Waals surface area contributed by atoms with Crippen LogP contribution >= 0.6 is 33.3 Å². The number of benzene rings is 1. The van der Waals surface area contributed by atoms with E-state index >= 15 is 0 Å². The summed E-state index contributed by atoms with van der Waals surface area (Å²) in [6.45, 7) is 0. The van der Waals surface area contributed by atoms with Crippen molar-refractivity contribution in [1.29, 1.82) is 0 Å². The van der Waals surface area contributed by atoms with E-state index in [1.165, 1.54) is 13.2 Å². The van der Waals surface area contributed by atoms with E-state index < -0.39 is 9.05 Å². The third kappa shape index (κ3) is 2.72. The predicted molar refractivity (Wildman–Crippen MR) is 58.7 cm³/mol. The van der Waals surface area contributed by atoms with E-state index in [9.17, 15) is 8.42 Å². The molecule has 0 amide bonds. The maximum absolute atomic E-state index is 11.0. The van der Waals surface area contributed by atoms with Crippen molar-refractivity contribution in [3.63, 3.8) is 0 Å². The molecule has 0 aliphatic rings. The second-order valence-electron chi connectivity index (χ2n) is 2.23. The predicted octanol–water partition coefficient (Wildman–Crippen LogP) is 2.23. The highest BCUT2D eigenvalue weighted by Crippen LogP contribution is 2.28. The Labute approximate surface area is 94.6 Å². The molecule has 0 saturated heterocycles. The molecule has 0 aromatic heterocycles. The average Bonchev–Trinajstić information content (AvgIpc) is 2.03. The van der Waals surface area contributed by atoms with Gasteiger partial charge >= 0.3 is 0 Å². The lowest BCUT2D eigenvalue weighted by Gasteiger charge is -2.04. The fraction of sp³-hybridized carbons (Fsp3) is 0.143. The molecule has 0 atom stereocenters. The first-order chi connectivity index (χ1) is 5.95. The Kier molecular flexibility index (Phi) is 3.42. The molecular weight excluding hydrogens is 326 g/mol. The van der Waals surface area contributed by atoms with Gasteiger partial charge in [0.15, 0.2) is 0 Å². The van der Waals surface area contributed by atoms with Gasteiger partial charge in [0.2, 0.25) is 0 Å². The van der Waals surface area contributed by atoms with Crippen molar-refractivity contribution >= 4 is 42.3 Å². The zero-order valence-electron chi connectivity index (χ0n) is 6.62. The van der Waals surface area contributed by atoms with E-state index in [1.54, 1.807) is 12.1 Å². The van der Waals surface area contributed by atoms with Crippen molar-refractivity contribution in [2.24, 2.45) is 0 Å². The number of hydrogen-bond donors (Lipinski definition) is 0. The molecule has 13 heavy (non-hydrogen) atoms. The van der Waals surface area contributed by atoms with Gasteiger partial charge in [-0.1, -0.05) is 0 Å². The van der Waals surface area contributed by atoms with Gasteiger partial charge in [0, 0.05) is 14.3 Å². The molecule has 0 radical (unpaired) electrons. The highest BCUT2D eigenvalue weighted by atomic mass is 127. The molecule has 72 valence electrons. The molecule has 0 aliphatic heterocycles. The summed E-state index contributed by atoms with van der Waals surface area (Å²) < 4.78 is 27.7. The lowest BCUT2D eigenvalue weighted by Crippen LogP contribution is -1.96. The molecule has 3 nitrogen and oxygen atoms in total. The fourth-order valence-electron chi connectivity index (χ4n) is 0.841. The molecule has 1 rings (SSSR count). The second kappa shape index (κ2) is 4.02. The summed E-state index contributed by atoms with van der Waals surface area (Å²) >= 11 is 2.00. The third-order valence-electron chi connectivity index (χ3n) is 1.39. The van der Waals surface area contributed by atoms with Crippen LogP contribution in [0.4, 0.5) is 0 Å². The quantitative estimate of drug-likeness (QED) is 0.616. The fourth-order valence-corrected chi connectivity index (χ4v) is 2.56. The Morgan fingerprint density at radius 3 is 2.54 bits per heavy atom. The monoisotopic (exact) mass is 332 g/mol. The summed E-state index contributed by atoms with van der Waals surface area (Å²) in [4.78, 5) is 0.00330. The van der Waals surface area contributed by atoms with Crippen LogP contribution in [0.3, 0.4) is 0 Å². The minimum atomic E-state index is -3.73. The standard InChI is InChI=1S/C7H6ClIO3S/c1-12-6-3-2-5(9)4-7(6)13(8,10)11/h2-4H,1H3. The maximum Gasteiger partial charge on any atom is 0.265 e. The normalized spacial score (nSPS) is 11.3. The van der Waals surface area contributed by atoms with E-state index in [-0.39, 0.29) is 10.6 Å². The number of hydrogen-bond acceptors (Lipinski definition) is 3. The Morgan fingerprint density at radius 2 is 2.08 bits per heavy atom.